The summed E-state index contributed by atoms with van der Waals surface area (Å²) in [5.74, 6) is 0.858. The highest BCUT2D eigenvalue weighted by atomic mass is 32.2. The summed E-state index contributed by atoms with van der Waals surface area (Å²) in [6.45, 7) is 8.38. The van der Waals surface area contributed by atoms with Crippen LogP contribution in [0.1, 0.15) is 73.6 Å². The highest BCUT2D eigenvalue weighted by molar-refractivity contribution is 7.86. The molecule has 0 radical (unpaired) electrons. The van der Waals surface area contributed by atoms with E-state index in [4.69, 9.17) is 4.18 Å². The summed E-state index contributed by atoms with van der Waals surface area (Å²) < 4.78 is 30.8. The van der Waals surface area contributed by atoms with Gasteiger partial charge in [0.25, 0.3) is 0 Å². The Labute approximate surface area is 256 Å². The van der Waals surface area contributed by atoms with Gasteiger partial charge in [-0.2, -0.15) is 4.18 Å². The first kappa shape index (κ1) is 35.4. The summed E-state index contributed by atoms with van der Waals surface area (Å²) >= 11 is -1.38. The van der Waals surface area contributed by atoms with Gasteiger partial charge in [-0.1, -0.05) is 105 Å². The molecule has 0 amide bonds. The quantitative estimate of drug-likeness (QED) is 0.204. The molecular weight excluding hydrogens is 565 g/mol. The van der Waals surface area contributed by atoms with Crippen molar-refractivity contribution in [2.75, 3.05) is 0 Å². The summed E-state index contributed by atoms with van der Waals surface area (Å²) in [5, 5.41) is 0. The first-order chi connectivity index (χ1) is 19.3. The van der Waals surface area contributed by atoms with Crippen molar-refractivity contribution in [3.8, 4) is 0 Å². The molecule has 226 valence electrons. The molecule has 0 aromatic heterocycles. The first-order valence-electron chi connectivity index (χ1n) is 14.1. The van der Waals surface area contributed by atoms with E-state index < -0.39 is 22.3 Å². The maximum absolute atomic E-state index is 12.5. The molecule has 0 bridgehead atoms. The zero-order valence-electron chi connectivity index (χ0n) is 24.9. The van der Waals surface area contributed by atoms with Gasteiger partial charge in [0.15, 0.2) is 16.4 Å². The third-order valence-corrected chi connectivity index (χ3v) is 9.83. The van der Waals surface area contributed by atoms with Crippen molar-refractivity contribution < 1.29 is 23.9 Å². The van der Waals surface area contributed by atoms with Crippen molar-refractivity contribution in [2.24, 2.45) is 0 Å². The van der Waals surface area contributed by atoms with Gasteiger partial charge in [-0.05, 0) is 80.1 Å². The Bertz CT molecular complexity index is 1340. The van der Waals surface area contributed by atoms with Gasteiger partial charge < -0.3 is 15.5 Å². The molecule has 42 heavy (non-hydrogen) atoms. The Morgan fingerprint density at radius 3 is 1.79 bits per heavy atom. The average molecular weight is 609 g/mol. The molecule has 1 aliphatic carbocycles. The molecule has 1 fully saturated rings. The second-order valence-corrected chi connectivity index (χ2v) is 13.4. The Hall–Kier alpha value is -2.78. The van der Waals surface area contributed by atoms with E-state index in [1.165, 1.54) is 28.7 Å². The van der Waals surface area contributed by atoms with E-state index >= 15 is 0 Å². The van der Waals surface area contributed by atoms with Crippen LogP contribution in [-0.4, -0.2) is 25.8 Å². The van der Waals surface area contributed by atoms with Crippen molar-refractivity contribution in [3.05, 3.63) is 125 Å². The molecule has 4 atom stereocenters. The topological polar surface area (TPSA) is 112 Å². The summed E-state index contributed by atoms with van der Waals surface area (Å²) in [5.41, 5.74) is 4.93. The van der Waals surface area contributed by atoms with Crippen molar-refractivity contribution in [3.63, 3.8) is 0 Å². The fourth-order valence-electron chi connectivity index (χ4n) is 4.89. The molecule has 1 saturated carbocycles. The monoisotopic (exact) mass is 608 g/mol. The second-order valence-electron chi connectivity index (χ2n) is 10.8. The van der Waals surface area contributed by atoms with Gasteiger partial charge in [-0.15, -0.1) is 0 Å². The molecule has 5 nitrogen and oxygen atoms in total. The maximum Gasteiger partial charge on any atom is 0.188 e. The number of rotatable bonds is 7. The Balaban J connectivity index is 0.000000285. The third kappa shape index (κ3) is 9.90. The van der Waals surface area contributed by atoms with E-state index in [1.54, 1.807) is 0 Å². The zero-order chi connectivity index (χ0) is 28.5. The highest BCUT2D eigenvalue weighted by Gasteiger charge is 2.32. The lowest BCUT2D eigenvalue weighted by Crippen LogP contribution is -2.28. The minimum absolute atomic E-state index is 0. The molecule has 7 heteroatoms. The van der Waals surface area contributed by atoms with Gasteiger partial charge in [-0.3, -0.25) is 0 Å². The number of aryl methyl sites for hydroxylation is 2. The Morgan fingerprint density at radius 1 is 0.738 bits per heavy atom. The van der Waals surface area contributed by atoms with Crippen molar-refractivity contribution in [1.29, 1.82) is 0 Å². The summed E-state index contributed by atoms with van der Waals surface area (Å²) in [6, 6.07) is 34.1. The van der Waals surface area contributed by atoms with Crippen LogP contribution >= 0.6 is 0 Å². The Kier molecular flexibility index (Phi) is 14.6. The van der Waals surface area contributed by atoms with E-state index in [9.17, 15) is 8.76 Å². The van der Waals surface area contributed by atoms with Crippen LogP contribution in [0.15, 0.2) is 118 Å². The number of benzene rings is 4. The fourth-order valence-corrected chi connectivity index (χ4v) is 6.85. The molecule has 0 aliphatic heterocycles. The molecule has 0 spiro atoms. The van der Waals surface area contributed by atoms with E-state index in [2.05, 4.69) is 50.2 Å². The van der Waals surface area contributed by atoms with Gasteiger partial charge in [0, 0.05) is 15.7 Å². The lowest BCUT2D eigenvalue weighted by molar-refractivity contribution is 0.137. The van der Waals surface area contributed by atoms with Crippen LogP contribution in [0, 0.1) is 13.8 Å². The molecule has 4 aromatic rings. The molecule has 4 unspecified atom stereocenters. The zero-order valence-corrected chi connectivity index (χ0v) is 26.5. The summed E-state index contributed by atoms with van der Waals surface area (Å²) in [4.78, 5) is 2.48. The van der Waals surface area contributed by atoms with Gasteiger partial charge in [0.2, 0.25) is 0 Å². The highest BCUT2D eigenvalue weighted by Crippen LogP contribution is 2.36. The standard InChI is InChI=1S/C19H22O2S.C16H18OS.2H2O/c1-15-11-13-17(14-12-15)22(20)21-19-10-6-5-9-18(19)16-7-3-2-4-8-16;1-12(2)14-6-10-16(11-7-14)18(17)15-8-4-13(3)5-9-15;;/h2-4,7-8,11-14,18-19H,5-6,9-10H2,1H3;4-12H,1-3H3;2*1H2. The van der Waals surface area contributed by atoms with Gasteiger partial charge in [0.1, 0.15) is 6.10 Å². The van der Waals surface area contributed by atoms with Gasteiger partial charge >= 0.3 is 0 Å². The van der Waals surface area contributed by atoms with Crippen molar-refractivity contribution >= 4 is 22.3 Å². The van der Waals surface area contributed by atoms with Crippen LogP contribution in [-0.2, 0) is 26.4 Å². The van der Waals surface area contributed by atoms with Crippen molar-refractivity contribution in [2.45, 2.75) is 86.0 Å². The normalized spacial score (nSPS) is 17.6. The van der Waals surface area contributed by atoms with Crippen LogP contribution in [0.5, 0.6) is 0 Å². The van der Waals surface area contributed by atoms with E-state index in [0.29, 0.717) is 11.8 Å². The second kappa shape index (κ2) is 17.4. The van der Waals surface area contributed by atoms with Crippen LogP contribution in [0.2, 0.25) is 0 Å². The van der Waals surface area contributed by atoms with Gasteiger partial charge in [0.05, 0.1) is 10.8 Å². The first-order valence-corrected chi connectivity index (χ1v) is 16.3. The molecule has 4 aromatic carbocycles. The smallest absolute Gasteiger partial charge is 0.188 e. The Morgan fingerprint density at radius 2 is 1.24 bits per heavy atom. The lowest BCUT2D eigenvalue weighted by atomic mass is 9.82. The van der Waals surface area contributed by atoms with Crippen LogP contribution < -0.4 is 0 Å². The predicted molar refractivity (Wildman–Crippen MR) is 174 cm³/mol. The van der Waals surface area contributed by atoms with E-state index in [-0.39, 0.29) is 17.1 Å². The lowest BCUT2D eigenvalue weighted by Gasteiger charge is -2.30. The molecule has 0 saturated heterocycles. The average Bonchev–Trinajstić information content (AvgIpc) is 2.98. The number of hydrogen-bond acceptors (Lipinski definition) is 3. The minimum Gasteiger partial charge on any atom is -0.581 e. The van der Waals surface area contributed by atoms with Crippen LogP contribution in [0.4, 0.5) is 0 Å². The molecular formula is C35H44O5S2. The molecule has 1 aliphatic rings. The van der Waals surface area contributed by atoms with Gasteiger partial charge in [-0.25, -0.2) is 4.21 Å². The van der Waals surface area contributed by atoms with E-state index in [1.807, 2.05) is 80.6 Å². The summed E-state index contributed by atoms with van der Waals surface area (Å²) in [6.07, 6.45) is 4.50. The SMILES string of the molecule is Cc1ccc(S(=O)c2ccc(C(C)C)cc2)cc1.Cc1ccc([S+]([O-])OC2CCCCC2c2ccccc2)cc1.O.O. The predicted octanol–water partition coefficient (Wildman–Crippen LogP) is 7.40. The summed E-state index contributed by atoms with van der Waals surface area (Å²) in [7, 11) is -1.08. The largest absolute Gasteiger partial charge is 0.581 e. The van der Waals surface area contributed by atoms with Crippen LogP contribution in [0.3, 0.4) is 0 Å². The van der Waals surface area contributed by atoms with Crippen molar-refractivity contribution in [1.82, 2.24) is 0 Å². The van der Waals surface area contributed by atoms with Crippen LogP contribution in [0.25, 0.3) is 0 Å². The number of hydrogen-bond donors (Lipinski definition) is 0. The van der Waals surface area contributed by atoms with E-state index in [0.717, 1.165) is 33.9 Å². The fraction of sp³-hybridized carbons (Fsp3) is 0.314. The molecule has 4 N–H and O–H groups in total. The third-order valence-electron chi connectivity index (χ3n) is 7.35. The minimum atomic E-state index is -1.38. The molecule has 5 rings (SSSR count). The molecule has 0 heterocycles. The maximum atomic E-state index is 12.5.